The van der Waals surface area contributed by atoms with Gasteiger partial charge in [-0.15, -0.1) is 0 Å². The Morgan fingerprint density at radius 2 is 1.39 bits per heavy atom. The number of likely N-dealkylation sites (tertiary alicyclic amines) is 2. The van der Waals surface area contributed by atoms with Crippen molar-refractivity contribution >= 4 is 12.2 Å². The van der Waals surface area contributed by atoms with Crippen molar-refractivity contribution in [2.45, 2.75) is 57.0 Å². The van der Waals surface area contributed by atoms with Crippen molar-refractivity contribution in [2.75, 3.05) is 59.4 Å². The molecule has 6 heteroatoms. The summed E-state index contributed by atoms with van der Waals surface area (Å²) in [6, 6.07) is 1.40. The lowest BCUT2D eigenvalue weighted by Gasteiger charge is -2.40. The molecule has 4 fully saturated rings. The molecule has 0 aromatic rings. The van der Waals surface area contributed by atoms with E-state index in [4.69, 9.17) is 0 Å². The molecule has 1 unspecified atom stereocenters. The van der Waals surface area contributed by atoms with Crippen LogP contribution >= 0.6 is 0 Å². The van der Waals surface area contributed by atoms with Crippen LogP contribution in [-0.2, 0) is 9.59 Å². The van der Waals surface area contributed by atoms with Gasteiger partial charge in [-0.3, -0.25) is 14.6 Å². The standard InChI is InChI=1S/C22H38N4O2/c1-23-12-14-24(15-13-23)21-8-11-26(16-21)20-6-9-25(10-7-20)22(28)19-4-2-18(17-27)3-5-19/h17-21H,2-16H2,1H3. The summed E-state index contributed by atoms with van der Waals surface area (Å²) >= 11 is 0. The molecule has 3 aliphatic heterocycles. The van der Waals surface area contributed by atoms with Gasteiger partial charge in [0.1, 0.15) is 6.29 Å². The van der Waals surface area contributed by atoms with Crippen LogP contribution in [0.1, 0.15) is 44.9 Å². The highest BCUT2D eigenvalue weighted by Crippen LogP contribution is 2.31. The molecule has 3 saturated heterocycles. The maximum atomic E-state index is 12.9. The van der Waals surface area contributed by atoms with Crippen molar-refractivity contribution in [2.24, 2.45) is 11.8 Å². The summed E-state index contributed by atoms with van der Waals surface area (Å²) < 4.78 is 0. The van der Waals surface area contributed by atoms with E-state index < -0.39 is 0 Å². The van der Waals surface area contributed by atoms with Crippen LogP contribution in [0, 0.1) is 11.8 Å². The number of carbonyl (C=O) groups is 2. The Morgan fingerprint density at radius 3 is 2.04 bits per heavy atom. The molecule has 158 valence electrons. The van der Waals surface area contributed by atoms with Crippen LogP contribution in [0.4, 0.5) is 0 Å². The molecule has 3 heterocycles. The second-order valence-corrected chi connectivity index (χ2v) is 9.58. The lowest BCUT2D eigenvalue weighted by atomic mass is 9.82. The van der Waals surface area contributed by atoms with Gasteiger partial charge in [-0.2, -0.15) is 0 Å². The van der Waals surface area contributed by atoms with Gasteiger partial charge in [-0.25, -0.2) is 0 Å². The topological polar surface area (TPSA) is 47.1 Å². The number of nitrogens with zero attached hydrogens (tertiary/aromatic N) is 4. The zero-order chi connectivity index (χ0) is 19.5. The Balaban J connectivity index is 1.20. The van der Waals surface area contributed by atoms with E-state index >= 15 is 0 Å². The molecule has 0 aromatic heterocycles. The average molecular weight is 391 g/mol. The van der Waals surface area contributed by atoms with E-state index in [1.54, 1.807) is 0 Å². The van der Waals surface area contributed by atoms with Crippen LogP contribution in [0.25, 0.3) is 0 Å². The summed E-state index contributed by atoms with van der Waals surface area (Å²) in [5, 5.41) is 0. The number of carbonyl (C=O) groups excluding carboxylic acids is 2. The minimum Gasteiger partial charge on any atom is -0.342 e. The quantitative estimate of drug-likeness (QED) is 0.678. The summed E-state index contributed by atoms with van der Waals surface area (Å²) in [5.74, 6) is 0.721. The third kappa shape index (κ3) is 4.60. The largest absolute Gasteiger partial charge is 0.342 e. The molecule has 1 atom stereocenters. The highest BCUT2D eigenvalue weighted by atomic mass is 16.2. The van der Waals surface area contributed by atoms with Gasteiger partial charge in [0, 0.05) is 76.3 Å². The van der Waals surface area contributed by atoms with Crippen molar-refractivity contribution in [1.82, 2.24) is 19.6 Å². The second-order valence-electron chi connectivity index (χ2n) is 9.58. The Morgan fingerprint density at radius 1 is 0.750 bits per heavy atom. The summed E-state index contributed by atoms with van der Waals surface area (Å²) in [6.07, 6.45) is 8.26. The first-order chi connectivity index (χ1) is 13.6. The number of amides is 1. The predicted octanol–water partition coefficient (Wildman–Crippen LogP) is 1.30. The van der Waals surface area contributed by atoms with Gasteiger partial charge in [0.15, 0.2) is 0 Å². The minimum atomic E-state index is 0.168. The van der Waals surface area contributed by atoms with E-state index in [2.05, 4.69) is 26.6 Å². The number of aldehydes is 1. The molecule has 1 saturated carbocycles. The third-order valence-electron chi connectivity index (χ3n) is 7.86. The predicted molar refractivity (Wildman–Crippen MR) is 110 cm³/mol. The average Bonchev–Trinajstić information content (AvgIpc) is 3.24. The first-order valence-electron chi connectivity index (χ1n) is 11.5. The van der Waals surface area contributed by atoms with Crippen molar-refractivity contribution < 1.29 is 9.59 Å². The molecular formula is C22H38N4O2. The zero-order valence-corrected chi connectivity index (χ0v) is 17.6. The van der Waals surface area contributed by atoms with Crippen LogP contribution in [0.15, 0.2) is 0 Å². The Kier molecular flexibility index (Phi) is 6.69. The van der Waals surface area contributed by atoms with E-state index in [0.29, 0.717) is 11.9 Å². The number of likely N-dealkylation sites (N-methyl/N-ethyl adjacent to an activating group) is 1. The van der Waals surface area contributed by atoms with E-state index in [-0.39, 0.29) is 11.8 Å². The first-order valence-corrected chi connectivity index (χ1v) is 11.5. The van der Waals surface area contributed by atoms with Crippen LogP contribution in [0.3, 0.4) is 0 Å². The van der Waals surface area contributed by atoms with Gasteiger partial charge in [0.05, 0.1) is 0 Å². The lowest BCUT2D eigenvalue weighted by Crippen LogP contribution is -2.51. The molecule has 6 nitrogen and oxygen atoms in total. The molecule has 0 spiro atoms. The smallest absolute Gasteiger partial charge is 0.225 e. The molecule has 1 amide bonds. The van der Waals surface area contributed by atoms with E-state index in [0.717, 1.165) is 63.9 Å². The van der Waals surface area contributed by atoms with Gasteiger partial charge in [-0.05, 0) is 52.0 Å². The molecule has 0 radical (unpaired) electrons. The van der Waals surface area contributed by atoms with Gasteiger partial charge in [0.2, 0.25) is 5.91 Å². The number of piperidine rings is 1. The van der Waals surface area contributed by atoms with Crippen molar-refractivity contribution in [1.29, 1.82) is 0 Å². The van der Waals surface area contributed by atoms with Gasteiger partial charge in [-0.1, -0.05) is 0 Å². The first kappa shape index (κ1) is 20.3. The van der Waals surface area contributed by atoms with E-state index in [9.17, 15) is 9.59 Å². The summed E-state index contributed by atoms with van der Waals surface area (Å²) in [4.78, 5) is 33.8. The van der Waals surface area contributed by atoms with E-state index in [1.165, 1.54) is 45.7 Å². The van der Waals surface area contributed by atoms with Gasteiger partial charge < -0.3 is 14.6 Å². The highest BCUT2D eigenvalue weighted by Gasteiger charge is 2.36. The van der Waals surface area contributed by atoms with Crippen molar-refractivity contribution in [3.63, 3.8) is 0 Å². The fraction of sp³-hybridized carbons (Fsp3) is 0.909. The molecule has 4 aliphatic rings. The SMILES string of the molecule is CN1CCN(C2CCN(C3CCN(C(=O)C4CCC(C=O)CC4)CC3)C2)CC1. The maximum Gasteiger partial charge on any atom is 0.225 e. The maximum absolute atomic E-state index is 12.9. The highest BCUT2D eigenvalue weighted by molar-refractivity contribution is 5.79. The summed E-state index contributed by atoms with van der Waals surface area (Å²) in [5.41, 5.74) is 0. The summed E-state index contributed by atoms with van der Waals surface area (Å²) in [6.45, 7) is 9.13. The normalized spacial score (nSPS) is 34.6. The van der Waals surface area contributed by atoms with Crippen LogP contribution in [-0.4, -0.2) is 103 Å². The van der Waals surface area contributed by atoms with Crippen LogP contribution < -0.4 is 0 Å². The lowest BCUT2D eigenvalue weighted by molar-refractivity contribution is -0.138. The molecule has 0 N–H and O–H groups in total. The molecule has 28 heavy (non-hydrogen) atoms. The number of hydrogen-bond donors (Lipinski definition) is 0. The molecule has 0 bridgehead atoms. The summed E-state index contributed by atoms with van der Waals surface area (Å²) in [7, 11) is 2.22. The number of piperazine rings is 1. The molecule has 0 aromatic carbocycles. The Labute approximate surface area is 170 Å². The van der Waals surface area contributed by atoms with Gasteiger partial charge >= 0.3 is 0 Å². The fourth-order valence-electron chi connectivity index (χ4n) is 5.80. The van der Waals surface area contributed by atoms with Crippen molar-refractivity contribution in [3.05, 3.63) is 0 Å². The third-order valence-corrected chi connectivity index (χ3v) is 7.86. The Bertz CT molecular complexity index is 533. The van der Waals surface area contributed by atoms with Crippen LogP contribution in [0.2, 0.25) is 0 Å². The minimum absolute atomic E-state index is 0.168. The zero-order valence-electron chi connectivity index (χ0n) is 17.6. The van der Waals surface area contributed by atoms with Crippen molar-refractivity contribution in [3.8, 4) is 0 Å². The molecular weight excluding hydrogens is 352 g/mol. The van der Waals surface area contributed by atoms with E-state index in [1.807, 2.05) is 0 Å². The van der Waals surface area contributed by atoms with Crippen LogP contribution in [0.5, 0.6) is 0 Å². The van der Waals surface area contributed by atoms with Gasteiger partial charge in [0.25, 0.3) is 0 Å². The molecule has 4 rings (SSSR count). The fourth-order valence-corrected chi connectivity index (χ4v) is 5.80. The Hall–Kier alpha value is -0.980. The molecule has 1 aliphatic carbocycles. The number of rotatable bonds is 4. The second kappa shape index (κ2) is 9.23. The number of hydrogen-bond acceptors (Lipinski definition) is 5. The monoisotopic (exact) mass is 390 g/mol.